The molecule has 3 aromatic rings. The van der Waals surface area contributed by atoms with Gasteiger partial charge in [-0.3, -0.25) is 10.1 Å². The van der Waals surface area contributed by atoms with Crippen LogP contribution in [0.15, 0.2) is 54.6 Å². The zero-order valence-electron chi connectivity index (χ0n) is 13.6. The molecule has 3 N–H and O–H groups in total. The average molecular weight is 483 g/mol. The first-order valence-corrected chi connectivity index (χ1v) is 8.65. The predicted octanol–water partition coefficient (Wildman–Crippen LogP) is 5.60. The van der Waals surface area contributed by atoms with Crippen LogP contribution in [0, 0.1) is 25.3 Å². The van der Waals surface area contributed by atoms with E-state index in [1.807, 2.05) is 22.6 Å². The van der Waals surface area contributed by atoms with Crippen LogP contribution in [0.2, 0.25) is 0 Å². The predicted molar refractivity (Wildman–Crippen MR) is 106 cm³/mol. The highest BCUT2D eigenvalue weighted by atomic mass is 127. The van der Waals surface area contributed by atoms with Crippen molar-refractivity contribution in [2.24, 2.45) is 0 Å². The van der Waals surface area contributed by atoms with Crippen LogP contribution in [0.25, 0.3) is 0 Å². The fourth-order valence-electron chi connectivity index (χ4n) is 2.38. The number of anilines is 3. The van der Waals surface area contributed by atoms with Crippen molar-refractivity contribution in [2.75, 3.05) is 11.1 Å². The number of halogens is 3. The first-order valence-electron chi connectivity index (χ1n) is 7.57. The Labute approximate surface area is 166 Å². The van der Waals surface area contributed by atoms with Gasteiger partial charge in [-0.1, -0.05) is 6.07 Å². The van der Waals surface area contributed by atoms with E-state index < -0.39 is 22.2 Å². The lowest BCUT2D eigenvalue weighted by atomic mass is 10.2. The third-order valence-corrected chi connectivity index (χ3v) is 4.18. The second-order valence-corrected chi connectivity index (χ2v) is 6.73. The fourth-order valence-corrected chi connectivity index (χ4v) is 2.83. The first kappa shape index (κ1) is 18.8. The molecule has 27 heavy (non-hydrogen) atoms. The number of nitrogens with one attached hydrogen (secondary N) is 1. The van der Waals surface area contributed by atoms with E-state index in [4.69, 9.17) is 10.5 Å². The fraction of sp³-hybridized carbons (Fsp3) is 0. The lowest BCUT2D eigenvalue weighted by molar-refractivity contribution is -0.384. The molecular formula is C18H12F2IN3O3. The summed E-state index contributed by atoms with van der Waals surface area (Å²) in [5.41, 5.74) is 5.24. The van der Waals surface area contributed by atoms with Gasteiger partial charge in [0.05, 0.1) is 10.6 Å². The van der Waals surface area contributed by atoms with Crippen LogP contribution in [-0.4, -0.2) is 4.92 Å². The summed E-state index contributed by atoms with van der Waals surface area (Å²) in [6.45, 7) is 0. The summed E-state index contributed by atoms with van der Waals surface area (Å²) in [5, 5.41) is 14.1. The number of benzene rings is 3. The Bertz CT molecular complexity index is 1030. The van der Waals surface area contributed by atoms with Gasteiger partial charge in [0.2, 0.25) is 5.75 Å². The third kappa shape index (κ3) is 4.42. The minimum atomic E-state index is -0.784. The first-order chi connectivity index (χ1) is 12.8. The maximum absolute atomic E-state index is 14.1. The van der Waals surface area contributed by atoms with Crippen molar-refractivity contribution in [1.82, 2.24) is 0 Å². The summed E-state index contributed by atoms with van der Waals surface area (Å²) in [5.74, 6) is -1.54. The molecule has 0 aliphatic heterocycles. The van der Waals surface area contributed by atoms with Crippen molar-refractivity contribution >= 4 is 45.3 Å². The third-order valence-electron chi connectivity index (χ3n) is 3.51. The molecule has 9 heteroatoms. The van der Waals surface area contributed by atoms with Crippen molar-refractivity contribution in [3.63, 3.8) is 0 Å². The number of nitro benzene ring substituents is 1. The van der Waals surface area contributed by atoms with Crippen LogP contribution in [0.3, 0.4) is 0 Å². The van der Waals surface area contributed by atoms with Crippen LogP contribution in [0.4, 0.5) is 31.5 Å². The smallest absolute Gasteiger partial charge is 0.334 e. The molecule has 0 atom stereocenters. The number of hydrogen-bond donors (Lipinski definition) is 2. The Kier molecular flexibility index (Phi) is 5.40. The molecule has 0 unspecified atom stereocenters. The zero-order chi connectivity index (χ0) is 19.6. The molecule has 0 aromatic heterocycles. The zero-order valence-corrected chi connectivity index (χ0v) is 15.7. The topological polar surface area (TPSA) is 90.4 Å². The molecule has 0 aliphatic carbocycles. The minimum absolute atomic E-state index is 0.0287. The number of nitrogens with two attached hydrogens (primary N) is 1. The highest BCUT2D eigenvalue weighted by Crippen LogP contribution is 2.40. The lowest BCUT2D eigenvalue weighted by Gasteiger charge is -2.12. The molecular weight excluding hydrogens is 471 g/mol. The second-order valence-electron chi connectivity index (χ2n) is 5.48. The van der Waals surface area contributed by atoms with Gasteiger partial charge >= 0.3 is 5.69 Å². The van der Waals surface area contributed by atoms with E-state index in [1.54, 1.807) is 18.2 Å². The van der Waals surface area contributed by atoms with Crippen molar-refractivity contribution < 1.29 is 18.4 Å². The Balaban J connectivity index is 2.06. The molecule has 0 radical (unpaired) electrons. The van der Waals surface area contributed by atoms with Gasteiger partial charge in [0.25, 0.3) is 0 Å². The number of hydrogen-bond acceptors (Lipinski definition) is 5. The van der Waals surface area contributed by atoms with E-state index in [9.17, 15) is 18.9 Å². The lowest BCUT2D eigenvalue weighted by Crippen LogP contribution is -2.02. The monoisotopic (exact) mass is 483 g/mol. The largest absolute Gasteiger partial charge is 0.450 e. The Morgan fingerprint density at radius 2 is 1.85 bits per heavy atom. The molecule has 0 amide bonds. The number of nitrogens with zero attached hydrogens (tertiary/aromatic N) is 1. The molecule has 0 aliphatic rings. The maximum atomic E-state index is 14.1. The van der Waals surface area contributed by atoms with E-state index in [1.165, 1.54) is 24.3 Å². The van der Waals surface area contributed by atoms with Gasteiger partial charge in [0, 0.05) is 27.5 Å². The van der Waals surface area contributed by atoms with E-state index in [2.05, 4.69) is 5.32 Å². The molecule has 0 saturated heterocycles. The van der Waals surface area contributed by atoms with Gasteiger partial charge in [-0.15, -0.1) is 0 Å². The molecule has 6 nitrogen and oxygen atoms in total. The molecule has 0 spiro atoms. The van der Waals surface area contributed by atoms with E-state index in [-0.39, 0.29) is 22.9 Å². The van der Waals surface area contributed by atoms with Crippen molar-refractivity contribution in [3.05, 3.63) is 79.9 Å². The molecule has 0 bridgehead atoms. The molecule has 0 fully saturated rings. The summed E-state index contributed by atoms with van der Waals surface area (Å²) in [4.78, 5) is 10.9. The normalized spacial score (nSPS) is 10.5. The van der Waals surface area contributed by atoms with Crippen molar-refractivity contribution in [2.45, 2.75) is 0 Å². The molecule has 3 aromatic carbocycles. The highest BCUT2D eigenvalue weighted by Gasteiger charge is 2.24. The van der Waals surface area contributed by atoms with Gasteiger partial charge in [-0.05, 0) is 52.9 Å². The van der Waals surface area contributed by atoms with Crippen LogP contribution in [0.5, 0.6) is 11.5 Å². The Hall–Kier alpha value is -2.95. The Morgan fingerprint density at radius 1 is 1.07 bits per heavy atom. The number of nitro groups is 1. The van der Waals surface area contributed by atoms with Gasteiger partial charge in [0.1, 0.15) is 23.1 Å². The number of ether oxygens (including phenoxy) is 1. The van der Waals surface area contributed by atoms with Crippen molar-refractivity contribution in [1.29, 1.82) is 0 Å². The van der Waals surface area contributed by atoms with Crippen LogP contribution in [-0.2, 0) is 0 Å². The van der Waals surface area contributed by atoms with Gasteiger partial charge in [-0.2, -0.15) is 0 Å². The van der Waals surface area contributed by atoms with E-state index >= 15 is 0 Å². The van der Waals surface area contributed by atoms with E-state index in [0.29, 0.717) is 9.26 Å². The van der Waals surface area contributed by atoms with E-state index in [0.717, 1.165) is 12.1 Å². The summed E-state index contributed by atoms with van der Waals surface area (Å²) >= 11 is 1.93. The standard InChI is InChI=1S/C18H12F2IN3O3/c19-10-6-16(23-15-5-4-11(21)8-14(15)20)18(24(25)26)17(7-10)27-13-3-1-2-12(22)9-13/h1-9,23H,22H2. The minimum Gasteiger partial charge on any atom is -0.450 e. The van der Waals surface area contributed by atoms with Crippen LogP contribution < -0.4 is 15.8 Å². The SMILES string of the molecule is Nc1cccc(Oc2cc(F)cc(Nc3ccc(I)cc3F)c2[N+](=O)[O-])c1. The average Bonchev–Trinajstić information content (AvgIpc) is 2.56. The van der Waals surface area contributed by atoms with Gasteiger partial charge < -0.3 is 15.8 Å². The molecule has 0 saturated carbocycles. The van der Waals surface area contributed by atoms with Gasteiger partial charge in [0.15, 0.2) is 0 Å². The maximum Gasteiger partial charge on any atom is 0.334 e. The second kappa shape index (κ2) is 7.74. The molecule has 138 valence electrons. The summed E-state index contributed by atoms with van der Waals surface area (Å²) in [7, 11) is 0. The van der Waals surface area contributed by atoms with Crippen LogP contribution >= 0.6 is 22.6 Å². The summed E-state index contributed by atoms with van der Waals surface area (Å²) in [6.07, 6.45) is 0. The van der Waals surface area contributed by atoms with Crippen LogP contribution in [0.1, 0.15) is 0 Å². The summed E-state index contributed by atoms with van der Waals surface area (Å²) < 4.78 is 34.3. The summed E-state index contributed by atoms with van der Waals surface area (Å²) in [6, 6.07) is 12.2. The van der Waals surface area contributed by atoms with Gasteiger partial charge in [-0.25, -0.2) is 8.78 Å². The van der Waals surface area contributed by atoms with Crippen molar-refractivity contribution in [3.8, 4) is 11.5 Å². The number of nitrogen functional groups attached to an aromatic ring is 1. The quantitative estimate of drug-likeness (QED) is 0.214. The number of rotatable bonds is 5. The molecule has 3 rings (SSSR count). The highest BCUT2D eigenvalue weighted by molar-refractivity contribution is 14.1. The molecule has 0 heterocycles. The Morgan fingerprint density at radius 3 is 2.52 bits per heavy atom.